The van der Waals surface area contributed by atoms with Crippen LogP contribution < -0.4 is 15.4 Å². The molecule has 2 N–H and O–H groups in total. The Kier molecular flexibility index (Phi) is 5.80. The largest absolute Gasteiger partial charge is 0.444 e. The smallest absolute Gasteiger partial charge is 0.427 e. The summed E-state index contributed by atoms with van der Waals surface area (Å²) in [6, 6.07) is 10.9. The van der Waals surface area contributed by atoms with E-state index in [1.54, 1.807) is 24.3 Å². The molecule has 0 fully saturated rings. The molecule has 0 spiro atoms. The van der Waals surface area contributed by atoms with E-state index in [2.05, 4.69) is 15.4 Å². The van der Waals surface area contributed by atoms with Crippen molar-refractivity contribution in [1.82, 2.24) is 0 Å². The molecule has 2 aromatic carbocycles. The van der Waals surface area contributed by atoms with Gasteiger partial charge in [-0.05, 0) is 36.4 Å². The number of hydrogen-bond acceptors (Lipinski definition) is 2. The molecule has 9 heteroatoms. The quantitative estimate of drug-likeness (QED) is 0.675. The fraction of sp³-hybridized carbons (Fsp3) is 0.133. The molecule has 0 aliphatic carbocycles. The first-order valence-corrected chi connectivity index (χ1v) is 7.37. The van der Waals surface area contributed by atoms with E-state index in [9.17, 15) is 18.0 Å². The molecule has 2 amide bonds. The number of alkyl halides is 4. The van der Waals surface area contributed by atoms with E-state index in [0.717, 1.165) is 6.07 Å². The van der Waals surface area contributed by atoms with Crippen molar-refractivity contribution in [3.05, 3.63) is 53.6 Å². The molecule has 0 bridgehead atoms. The molecule has 0 saturated heterocycles. The van der Waals surface area contributed by atoms with Gasteiger partial charge in [-0.2, -0.15) is 8.78 Å². The molecule has 0 radical (unpaired) electrons. The molecule has 0 saturated carbocycles. The van der Waals surface area contributed by atoms with Crippen molar-refractivity contribution >= 4 is 40.6 Å². The zero-order chi connectivity index (χ0) is 17.7. The summed E-state index contributed by atoms with van der Waals surface area (Å²) in [5, 5.41) is 5.30. The summed E-state index contributed by atoms with van der Waals surface area (Å²) >= 11 is 10.5. The first-order chi connectivity index (χ1) is 11.3. The summed E-state index contributed by atoms with van der Waals surface area (Å²) < 4.78 is 43.4. The minimum absolute atomic E-state index is 0.0824. The average molecular weight is 379 g/mol. The second-order valence-corrected chi connectivity index (χ2v) is 5.37. The maximum atomic E-state index is 13.3. The summed E-state index contributed by atoms with van der Waals surface area (Å²) in [4.78, 5) is 11.9. The number of halogens is 5. The van der Waals surface area contributed by atoms with Crippen molar-refractivity contribution < 1.29 is 22.7 Å². The second-order valence-electron chi connectivity index (χ2n) is 4.55. The minimum Gasteiger partial charge on any atom is -0.427 e. The Morgan fingerprint density at radius 1 is 1.08 bits per heavy atom. The number of nitrogens with one attached hydrogen (secondary N) is 2. The van der Waals surface area contributed by atoms with E-state index < -0.39 is 23.5 Å². The first kappa shape index (κ1) is 18.2. The summed E-state index contributed by atoms with van der Waals surface area (Å²) in [6.45, 7) is 0. The number of ether oxygens (including phenoxy) is 1. The molecule has 0 heterocycles. The van der Waals surface area contributed by atoms with Crippen LogP contribution in [0.15, 0.2) is 48.5 Å². The van der Waals surface area contributed by atoms with Crippen LogP contribution in [0.1, 0.15) is 0 Å². The predicted molar refractivity (Wildman–Crippen MR) is 86.9 cm³/mol. The zero-order valence-corrected chi connectivity index (χ0v) is 13.4. The molecule has 0 aliphatic heterocycles. The number of urea groups is 1. The predicted octanol–water partition coefficient (Wildman–Crippen LogP) is 5.49. The van der Waals surface area contributed by atoms with Crippen LogP contribution in [0.5, 0.6) is 5.75 Å². The maximum absolute atomic E-state index is 13.3. The highest BCUT2D eigenvalue weighted by Gasteiger charge is 2.42. The third-order valence-corrected chi connectivity index (χ3v) is 3.24. The van der Waals surface area contributed by atoms with E-state index >= 15 is 0 Å². The minimum atomic E-state index is -4.24. The molecule has 4 nitrogen and oxygen atoms in total. The number of benzene rings is 2. The van der Waals surface area contributed by atoms with Gasteiger partial charge in [0.05, 0.1) is 5.69 Å². The molecule has 128 valence electrons. The lowest BCUT2D eigenvalue weighted by Gasteiger charge is -2.20. The number of para-hydroxylation sites is 2. The molecule has 0 unspecified atom stereocenters. The molecule has 0 aliphatic rings. The number of amides is 2. The highest BCUT2D eigenvalue weighted by Crippen LogP contribution is 2.33. The topological polar surface area (TPSA) is 50.4 Å². The van der Waals surface area contributed by atoms with Crippen molar-refractivity contribution in [3.63, 3.8) is 0 Å². The molecule has 1 atom stereocenters. The SMILES string of the molecule is O=C(Nc1ccc(Cl)cc1)Nc1ccccc1OC(F)(F)[C@@H](F)Cl. The van der Waals surface area contributed by atoms with Crippen molar-refractivity contribution in [2.24, 2.45) is 0 Å². The summed E-state index contributed by atoms with van der Waals surface area (Å²) in [6.07, 6.45) is -4.24. The van der Waals surface area contributed by atoms with Gasteiger partial charge in [-0.1, -0.05) is 35.3 Å². The number of hydrogen-bond donors (Lipinski definition) is 2. The van der Waals surface area contributed by atoms with Crippen molar-refractivity contribution in [1.29, 1.82) is 0 Å². The van der Waals surface area contributed by atoms with Crippen LogP contribution in [0.4, 0.5) is 29.3 Å². The van der Waals surface area contributed by atoms with Gasteiger partial charge in [0, 0.05) is 10.7 Å². The first-order valence-electron chi connectivity index (χ1n) is 6.55. The lowest BCUT2D eigenvalue weighted by molar-refractivity contribution is -0.198. The lowest BCUT2D eigenvalue weighted by atomic mass is 10.3. The van der Waals surface area contributed by atoms with Crippen molar-refractivity contribution in [3.8, 4) is 5.75 Å². The van der Waals surface area contributed by atoms with Gasteiger partial charge in [-0.3, -0.25) is 0 Å². The van der Waals surface area contributed by atoms with Crippen molar-refractivity contribution in [2.45, 2.75) is 11.7 Å². The fourth-order valence-corrected chi connectivity index (χ4v) is 1.84. The maximum Gasteiger partial charge on any atom is 0.444 e. The molecular weight excluding hydrogens is 368 g/mol. The summed E-state index contributed by atoms with van der Waals surface area (Å²) in [7, 11) is 0. The average Bonchev–Trinajstić information content (AvgIpc) is 2.51. The highest BCUT2D eigenvalue weighted by atomic mass is 35.5. The van der Waals surface area contributed by atoms with Gasteiger partial charge >= 0.3 is 12.1 Å². The van der Waals surface area contributed by atoms with Crippen LogP contribution >= 0.6 is 23.2 Å². The standard InChI is InChI=1S/C15H11Cl2F3N2O2/c16-9-5-7-10(8-6-9)21-14(23)22-11-3-1-2-4-12(11)24-15(19,20)13(17)18/h1-8,13H,(H2,21,22,23)/t13-/m1/s1. The summed E-state index contributed by atoms with van der Waals surface area (Å²) in [5.74, 6) is -0.433. The van der Waals surface area contributed by atoms with Crippen LogP contribution in [-0.4, -0.2) is 17.8 Å². The van der Waals surface area contributed by atoms with Crippen LogP contribution in [-0.2, 0) is 0 Å². The number of carbonyl (C=O) groups excluding carboxylic acids is 1. The number of anilines is 2. The van der Waals surface area contributed by atoms with Gasteiger partial charge in [0.15, 0.2) is 0 Å². The van der Waals surface area contributed by atoms with Crippen molar-refractivity contribution in [2.75, 3.05) is 10.6 Å². The van der Waals surface area contributed by atoms with E-state index in [1.165, 1.54) is 18.2 Å². The van der Waals surface area contributed by atoms with E-state index in [4.69, 9.17) is 23.2 Å². The third kappa shape index (κ3) is 4.94. The van der Waals surface area contributed by atoms with Gasteiger partial charge in [0.2, 0.25) is 0 Å². The Morgan fingerprint density at radius 2 is 1.71 bits per heavy atom. The molecule has 24 heavy (non-hydrogen) atoms. The Balaban J connectivity index is 2.09. The summed E-state index contributed by atoms with van der Waals surface area (Å²) in [5.41, 5.74) is -2.68. The zero-order valence-electron chi connectivity index (χ0n) is 11.9. The molecule has 2 rings (SSSR count). The lowest BCUT2D eigenvalue weighted by Crippen LogP contribution is -2.33. The normalized spacial score (nSPS) is 12.4. The van der Waals surface area contributed by atoms with Crippen LogP contribution in [0.2, 0.25) is 5.02 Å². The van der Waals surface area contributed by atoms with Crippen LogP contribution in [0.3, 0.4) is 0 Å². The van der Waals surface area contributed by atoms with Gasteiger partial charge < -0.3 is 15.4 Å². The fourth-order valence-electron chi connectivity index (χ4n) is 1.67. The molecule has 2 aromatic rings. The van der Waals surface area contributed by atoms with Gasteiger partial charge in [-0.15, -0.1) is 0 Å². The van der Waals surface area contributed by atoms with E-state index in [0.29, 0.717) is 10.7 Å². The number of rotatable bonds is 5. The van der Waals surface area contributed by atoms with E-state index in [1.807, 2.05) is 0 Å². The highest BCUT2D eigenvalue weighted by molar-refractivity contribution is 6.30. The van der Waals surface area contributed by atoms with Crippen LogP contribution in [0, 0.1) is 0 Å². The monoisotopic (exact) mass is 378 g/mol. The van der Waals surface area contributed by atoms with Gasteiger partial charge in [0.1, 0.15) is 5.75 Å². The Bertz CT molecular complexity index is 712. The van der Waals surface area contributed by atoms with Gasteiger partial charge in [0.25, 0.3) is 5.63 Å². The van der Waals surface area contributed by atoms with Gasteiger partial charge in [-0.25, -0.2) is 9.18 Å². The molecular formula is C15H11Cl2F3N2O2. The van der Waals surface area contributed by atoms with Crippen LogP contribution in [0.25, 0.3) is 0 Å². The second kappa shape index (κ2) is 7.63. The Labute approximate surface area is 145 Å². The Hall–Kier alpha value is -2.12. The molecule has 0 aromatic heterocycles. The van der Waals surface area contributed by atoms with E-state index in [-0.39, 0.29) is 5.69 Å². The third-order valence-electron chi connectivity index (χ3n) is 2.74. The number of carbonyl (C=O) groups is 1. The Morgan fingerprint density at radius 3 is 2.33 bits per heavy atom.